The maximum absolute atomic E-state index is 13.0. The van der Waals surface area contributed by atoms with Crippen LogP contribution in [0.1, 0.15) is 25.8 Å². The van der Waals surface area contributed by atoms with Crippen molar-refractivity contribution in [3.8, 4) is 11.3 Å². The summed E-state index contributed by atoms with van der Waals surface area (Å²) in [5, 5.41) is 12.4. The average molecular weight is 469 g/mol. The number of hydrogen-bond donors (Lipinski definition) is 1. The van der Waals surface area contributed by atoms with Crippen molar-refractivity contribution in [2.45, 2.75) is 23.0 Å². The molecule has 1 N–H and O–H groups in total. The van der Waals surface area contributed by atoms with Crippen LogP contribution in [-0.2, 0) is 18.1 Å². The lowest BCUT2D eigenvalue weighted by Gasteiger charge is -2.13. The number of aromatic carboxylic acids is 1. The molecule has 2 aromatic heterocycles. The molecule has 154 valence electrons. The molecule has 0 fully saturated rings. The highest BCUT2D eigenvalue weighted by Gasteiger charge is 2.37. The van der Waals surface area contributed by atoms with Crippen molar-refractivity contribution in [3.05, 3.63) is 56.0 Å². The molecular weight excluding hydrogens is 460 g/mol. The highest BCUT2D eigenvalue weighted by atomic mass is 32.2. The molecule has 0 aliphatic rings. The van der Waals surface area contributed by atoms with Crippen molar-refractivity contribution in [1.29, 1.82) is 0 Å². The van der Waals surface area contributed by atoms with Crippen LogP contribution in [-0.4, -0.2) is 16.1 Å². The first-order valence-corrected chi connectivity index (χ1v) is 10.4. The molecular formula is C17H9F6NO2S3. The van der Waals surface area contributed by atoms with E-state index in [1.165, 1.54) is 23.2 Å². The maximum Gasteiger partial charge on any atom is 0.416 e. The smallest absolute Gasteiger partial charge is 0.416 e. The number of carboxylic acids is 1. The van der Waals surface area contributed by atoms with E-state index in [4.69, 9.17) is 5.11 Å². The topological polar surface area (TPSA) is 50.2 Å². The fraction of sp³-hybridized carbons (Fsp3) is 0.176. The van der Waals surface area contributed by atoms with Crippen LogP contribution in [0.15, 0.2) is 39.9 Å². The van der Waals surface area contributed by atoms with Gasteiger partial charge in [-0.05, 0) is 24.3 Å². The highest BCUT2D eigenvalue weighted by molar-refractivity contribution is 7.98. The number of halogens is 6. The number of hydrogen-bond acceptors (Lipinski definition) is 5. The summed E-state index contributed by atoms with van der Waals surface area (Å²) in [6, 6.07) is 2.83. The predicted molar refractivity (Wildman–Crippen MR) is 98.4 cm³/mol. The number of alkyl halides is 6. The zero-order valence-electron chi connectivity index (χ0n) is 14.0. The van der Waals surface area contributed by atoms with Gasteiger partial charge in [-0.3, -0.25) is 0 Å². The SMILES string of the molecule is O=C(O)c1cc(SCc2nc(-c3cc(C(F)(F)F)cc(C(F)(F)F)c3)cs2)cs1. The minimum Gasteiger partial charge on any atom is -0.477 e. The molecule has 2 heterocycles. The number of rotatable bonds is 5. The van der Waals surface area contributed by atoms with Gasteiger partial charge in [0.1, 0.15) is 9.88 Å². The second-order valence-electron chi connectivity index (χ2n) is 5.66. The van der Waals surface area contributed by atoms with E-state index in [2.05, 4.69) is 4.98 Å². The van der Waals surface area contributed by atoms with Gasteiger partial charge in [-0.15, -0.1) is 34.4 Å². The largest absolute Gasteiger partial charge is 0.477 e. The number of thiophene rings is 1. The number of carbonyl (C=O) groups is 1. The molecule has 0 bridgehead atoms. The van der Waals surface area contributed by atoms with Crippen molar-refractivity contribution >= 4 is 40.4 Å². The van der Waals surface area contributed by atoms with E-state index in [0.717, 1.165) is 22.7 Å². The molecule has 0 aliphatic heterocycles. The Kier molecular flexibility index (Phi) is 5.97. The molecule has 0 amide bonds. The van der Waals surface area contributed by atoms with Crippen LogP contribution in [0.3, 0.4) is 0 Å². The number of thioether (sulfide) groups is 1. The number of carboxylic acid groups (broad SMARTS) is 1. The van der Waals surface area contributed by atoms with Crippen LogP contribution in [0.2, 0.25) is 0 Å². The lowest BCUT2D eigenvalue weighted by Crippen LogP contribution is -2.11. The zero-order chi connectivity index (χ0) is 21.4. The molecule has 12 heteroatoms. The van der Waals surface area contributed by atoms with Crippen molar-refractivity contribution < 1.29 is 36.2 Å². The Hall–Kier alpha value is -2.05. The fourth-order valence-corrected chi connectivity index (χ4v) is 4.95. The number of benzene rings is 1. The normalized spacial score (nSPS) is 12.3. The molecule has 0 saturated carbocycles. The molecule has 0 radical (unpaired) electrons. The standard InChI is InChI=1S/C17H9F6NO2S3/c18-16(19,20)9-1-8(2-10(3-9)17(21,22)23)12-6-29-14(24-12)7-27-11-4-13(15(25)26)28-5-11/h1-6H,7H2,(H,25,26). The van der Waals surface area contributed by atoms with Crippen molar-refractivity contribution in [2.24, 2.45) is 0 Å². The van der Waals surface area contributed by atoms with E-state index < -0.39 is 29.4 Å². The van der Waals surface area contributed by atoms with Crippen LogP contribution in [0.5, 0.6) is 0 Å². The minimum absolute atomic E-state index is 0.0127. The van der Waals surface area contributed by atoms with Gasteiger partial charge >= 0.3 is 18.3 Å². The number of aromatic nitrogens is 1. The van der Waals surface area contributed by atoms with Gasteiger partial charge in [0, 0.05) is 21.2 Å². The third-order valence-corrected chi connectivity index (χ3v) is 6.67. The quantitative estimate of drug-likeness (QED) is 0.326. The monoisotopic (exact) mass is 469 g/mol. The van der Waals surface area contributed by atoms with Crippen molar-refractivity contribution in [3.63, 3.8) is 0 Å². The number of nitrogens with zero attached hydrogens (tertiary/aromatic N) is 1. The van der Waals surface area contributed by atoms with Gasteiger partial charge < -0.3 is 5.11 Å². The highest BCUT2D eigenvalue weighted by Crippen LogP contribution is 2.39. The summed E-state index contributed by atoms with van der Waals surface area (Å²) >= 11 is 3.42. The van der Waals surface area contributed by atoms with Crippen molar-refractivity contribution in [2.75, 3.05) is 0 Å². The van der Waals surface area contributed by atoms with E-state index in [1.807, 2.05) is 0 Å². The molecule has 3 aromatic rings. The molecule has 0 aliphatic carbocycles. The Morgan fingerprint density at radius 2 is 1.59 bits per heavy atom. The van der Waals surface area contributed by atoms with E-state index >= 15 is 0 Å². The lowest BCUT2D eigenvalue weighted by molar-refractivity contribution is -0.143. The lowest BCUT2D eigenvalue weighted by atomic mass is 10.0. The van der Waals surface area contributed by atoms with Gasteiger partial charge in [0.2, 0.25) is 0 Å². The zero-order valence-corrected chi connectivity index (χ0v) is 16.4. The van der Waals surface area contributed by atoms with Gasteiger partial charge in [0.05, 0.1) is 22.6 Å². The van der Waals surface area contributed by atoms with E-state index in [1.54, 1.807) is 5.38 Å². The summed E-state index contributed by atoms with van der Waals surface area (Å²) in [6.45, 7) is 0. The van der Waals surface area contributed by atoms with Crippen LogP contribution in [0.4, 0.5) is 26.3 Å². The molecule has 3 rings (SSSR count). The Labute approximate surface area is 172 Å². The van der Waals surface area contributed by atoms with Crippen LogP contribution < -0.4 is 0 Å². The first-order valence-electron chi connectivity index (χ1n) is 7.62. The first kappa shape index (κ1) is 21.7. The Morgan fingerprint density at radius 3 is 2.10 bits per heavy atom. The third-order valence-electron chi connectivity index (χ3n) is 3.58. The summed E-state index contributed by atoms with van der Waals surface area (Å²) in [7, 11) is 0. The fourth-order valence-electron chi connectivity index (χ4n) is 2.26. The molecule has 0 unspecified atom stereocenters. The molecule has 0 atom stereocenters. The first-order chi connectivity index (χ1) is 13.4. The van der Waals surface area contributed by atoms with E-state index in [0.29, 0.717) is 27.8 Å². The summed E-state index contributed by atoms with van der Waals surface area (Å²) < 4.78 is 78.0. The summed E-state index contributed by atoms with van der Waals surface area (Å²) in [5.41, 5.74) is -3.06. The summed E-state index contributed by atoms with van der Waals surface area (Å²) in [5.74, 6) is -0.755. The molecule has 1 aromatic carbocycles. The molecule has 0 saturated heterocycles. The molecule has 0 spiro atoms. The van der Waals surface area contributed by atoms with Gasteiger partial charge in [-0.25, -0.2) is 9.78 Å². The van der Waals surface area contributed by atoms with Gasteiger partial charge in [0.25, 0.3) is 0 Å². The van der Waals surface area contributed by atoms with Crippen LogP contribution in [0.25, 0.3) is 11.3 Å². The predicted octanol–water partition coefficient (Wildman–Crippen LogP) is 6.90. The Bertz CT molecular complexity index is 1010. The van der Waals surface area contributed by atoms with Crippen LogP contribution >= 0.6 is 34.4 Å². The molecule has 29 heavy (non-hydrogen) atoms. The Morgan fingerprint density at radius 1 is 0.966 bits per heavy atom. The third kappa shape index (κ3) is 5.31. The number of thiazole rings is 1. The molecule has 3 nitrogen and oxygen atoms in total. The van der Waals surface area contributed by atoms with Gasteiger partial charge in [-0.2, -0.15) is 26.3 Å². The summed E-state index contributed by atoms with van der Waals surface area (Å²) in [4.78, 5) is 15.9. The maximum atomic E-state index is 13.0. The van der Waals surface area contributed by atoms with E-state index in [-0.39, 0.29) is 22.2 Å². The Balaban J connectivity index is 1.84. The minimum atomic E-state index is -4.93. The average Bonchev–Trinajstić information content (AvgIpc) is 3.27. The van der Waals surface area contributed by atoms with E-state index in [9.17, 15) is 31.1 Å². The van der Waals surface area contributed by atoms with Gasteiger partial charge in [0.15, 0.2) is 0 Å². The summed E-state index contributed by atoms with van der Waals surface area (Å²) in [6.07, 6.45) is -9.85. The van der Waals surface area contributed by atoms with Gasteiger partial charge in [-0.1, -0.05) is 0 Å². The van der Waals surface area contributed by atoms with Crippen molar-refractivity contribution in [1.82, 2.24) is 4.98 Å². The second-order valence-corrected chi connectivity index (χ2v) is 8.56. The second kappa shape index (κ2) is 8.00. The van der Waals surface area contributed by atoms with Crippen LogP contribution in [0, 0.1) is 0 Å².